The molecule has 0 aliphatic heterocycles. The lowest BCUT2D eigenvalue weighted by atomic mass is 10.00. The first-order valence-electron chi connectivity index (χ1n) is 10.7. The van der Waals surface area contributed by atoms with Crippen molar-refractivity contribution in [1.82, 2.24) is 0 Å². The van der Waals surface area contributed by atoms with Crippen molar-refractivity contribution in [2.75, 3.05) is 0 Å². The largest absolute Gasteiger partial charge is 0.426 e. The van der Waals surface area contributed by atoms with Crippen LogP contribution in [0.2, 0.25) is 0 Å². The lowest BCUT2D eigenvalue weighted by molar-refractivity contribution is -0.151. The number of benzene rings is 2. The first kappa shape index (κ1) is 22.7. The summed E-state index contributed by atoms with van der Waals surface area (Å²) in [6, 6.07) is 17.7. The van der Waals surface area contributed by atoms with Crippen LogP contribution in [-0.2, 0) is 9.59 Å². The summed E-state index contributed by atoms with van der Waals surface area (Å²) < 4.78 is 10.8. The average Bonchev–Trinajstić information content (AvgIpc) is 2.74. The topological polar surface area (TPSA) is 52.6 Å². The molecule has 0 saturated heterocycles. The van der Waals surface area contributed by atoms with Crippen LogP contribution in [0.3, 0.4) is 0 Å². The molecule has 0 saturated carbocycles. The van der Waals surface area contributed by atoms with E-state index in [1.807, 2.05) is 12.1 Å². The lowest BCUT2D eigenvalue weighted by Crippen LogP contribution is -2.31. The van der Waals surface area contributed by atoms with Gasteiger partial charge in [-0.15, -0.1) is 0 Å². The average molecular weight is 397 g/mol. The van der Waals surface area contributed by atoms with E-state index in [0.717, 1.165) is 19.3 Å². The molecule has 156 valence electrons. The van der Waals surface area contributed by atoms with E-state index in [-0.39, 0.29) is 0 Å². The third-order valence-electron chi connectivity index (χ3n) is 4.84. The number of carbonyl (C=O) groups is 2. The molecule has 4 nitrogen and oxygen atoms in total. The Bertz CT molecular complexity index is 659. The van der Waals surface area contributed by atoms with Crippen molar-refractivity contribution in [1.29, 1.82) is 0 Å². The number of carbonyl (C=O) groups excluding carboxylic acids is 2. The fraction of sp³-hybridized carbons (Fsp3) is 0.440. The van der Waals surface area contributed by atoms with Gasteiger partial charge in [0.2, 0.25) is 0 Å². The summed E-state index contributed by atoms with van der Waals surface area (Å²) in [6.45, 7) is 2.21. The summed E-state index contributed by atoms with van der Waals surface area (Å²) in [5.74, 6) is -1.16. The predicted molar refractivity (Wildman–Crippen MR) is 115 cm³/mol. The Morgan fingerprint density at radius 2 is 1.07 bits per heavy atom. The van der Waals surface area contributed by atoms with E-state index in [1.165, 1.54) is 32.1 Å². The molecule has 0 amide bonds. The number of para-hydroxylation sites is 2. The minimum atomic E-state index is -0.921. The van der Waals surface area contributed by atoms with Crippen LogP contribution in [0.15, 0.2) is 60.7 Å². The maximum atomic E-state index is 12.7. The Morgan fingerprint density at radius 1 is 0.655 bits per heavy atom. The van der Waals surface area contributed by atoms with Crippen molar-refractivity contribution < 1.29 is 19.1 Å². The minimum absolute atomic E-state index is 0.436. The molecule has 2 aromatic carbocycles. The summed E-state index contributed by atoms with van der Waals surface area (Å²) in [4.78, 5) is 25.3. The van der Waals surface area contributed by atoms with Gasteiger partial charge in [0.15, 0.2) is 5.92 Å². The van der Waals surface area contributed by atoms with Gasteiger partial charge in [0.05, 0.1) is 0 Å². The number of unbranched alkanes of at least 4 members (excludes halogenated alkanes) is 7. The van der Waals surface area contributed by atoms with Crippen molar-refractivity contribution in [2.45, 2.75) is 64.7 Å². The zero-order valence-corrected chi connectivity index (χ0v) is 17.3. The Hall–Kier alpha value is -2.62. The fourth-order valence-corrected chi connectivity index (χ4v) is 3.17. The van der Waals surface area contributed by atoms with Gasteiger partial charge < -0.3 is 9.47 Å². The van der Waals surface area contributed by atoms with E-state index in [1.54, 1.807) is 48.5 Å². The van der Waals surface area contributed by atoms with Gasteiger partial charge in [-0.2, -0.15) is 0 Å². The summed E-state index contributed by atoms with van der Waals surface area (Å²) >= 11 is 0. The molecule has 0 atom stereocenters. The van der Waals surface area contributed by atoms with Crippen LogP contribution in [0.1, 0.15) is 64.7 Å². The molecule has 0 bridgehead atoms. The van der Waals surface area contributed by atoms with Gasteiger partial charge in [0, 0.05) is 0 Å². The molecule has 0 unspecified atom stereocenters. The Labute approximate surface area is 174 Å². The number of hydrogen-bond donors (Lipinski definition) is 0. The monoisotopic (exact) mass is 396 g/mol. The van der Waals surface area contributed by atoms with Gasteiger partial charge in [0.1, 0.15) is 11.5 Å². The highest BCUT2D eigenvalue weighted by Crippen LogP contribution is 2.20. The van der Waals surface area contributed by atoms with Crippen LogP contribution in [0.4, 0.5) is 0 Å². The zero-order valence-electron chi connectivity index (χ0n) is 17.3. The number of hydrogen-bond acceptors (Lipinski definition) is 4. The van der Waals surface area contributed by atoms with Crippen LogP contribution in [0.5, 0.6) is 11.5 Å². The number of rotatable bonds is 13. The summed E-state index contributed by atoms with van der Waals surface area (Å²) in [5.41, 5.74) is 0. The van der Waals surface area contributed by atoms with Crippen LogP contribution in [0, 0.1) is 5.92 Å². The van der Waals surface area contributed by atoms with E-state index >= 15 is 0 Å². The maximum absolute atomic E-state index is 12.7. The third-order valence-corrected chi connectivity index (χ3v) is 4.84. The van der Waals surface area contributed by atoms with E-state index in [9.17, 15) is 9.59 Å². The fourth-order valence-electron chi connectivity index (χ4n) is 3.17. The molecule has 4 heteroatoms. The molecular formula is C25H32O4. The van der Waals surface area contributed by atoms with Gasteiger partial charge in [-0.1, -0.05) is 94.7 Å². The van der Waals surface area contributed by atoms with Crippen molar-refractivity contribution >= 4 is 11.9 Å². The van der Waals surface area contributed by atoms with E-state index in [0.29, 0.717) is 17.9 Å². The van der Waals surface area contributed by atoms with Crippen molar-refractivity contribution in [2.24, 2.45) is 5.92 Å². The van der Waals surface area contributed by atoms with E-state index in [2.05, 4.69) is 6.92 Å². The zero-order chi connectivity index (χ0) is 20.7. The molecule has 29 heavy (non-hydrogen) atoms. The van der Waals surface area contributed by atoms with Crippen LogP contribution >= 0.6 is 0 Å². The molecule has 0 aromatic heterocycles. The van der Waals surface area contributed by atoms with Crippen molar-refractivity contribution in [3.63, 3.8) is 0 Å². The molecule has 0 fully saturated rings. The van der Waals surface area contributed by atoms with E-state index < -0.39 is 17.9 Å². The number of esters is 2. The number of ether oxygens (including phenoxy) is 2. The summed E-state index contributed by atoms with van der Waals surface area (Å²) in [6.07, 6.45) is 9.63. The van der Waals surface area contributed by atoms with Crippen LogP contribution in [-0.4, -0.2) is 11.9 Å². The van der Waals surface area contributed by atoms with Gasteiger partial charge in [-0.3, -0.25) is 9.59 Å². The minimum Gasteiger partial charge on any atom is -0.426 e. The smallest absolute Gasteiger partial charge is 0.325 e. The molecule has 0 N–H and O–H groups in total. The van der Waals surface area contributed by atoms with Gasteiger partial charge >= 0.3 is 11.9 Å². The Balaban J connectivity index is 1.88. The highest BCUT2D eigenvalue weighted by molar-refractivity contribution is 5.96. The highest BCUT2D eigenvalue weighted by Gasteiger charge is 2.30. The molecule has 0 heterocycles. The third kappa shape index (κ3) is 8.95. The normalized spacial score (nSPS) is 10.7. The second kappa shape index (κ2) is 13.5. The Morgan fingerprint density at radius 3 is 1.52 bits per heavy atom. The standard InChI is InChI=1S/C25H32O4/c1-2-3-4-5-6-7-8-15-20-23(24(26)28-21-16-11-9-12-17-21)25(27)29-22-18-13-10-14-19-22/h9-14,16-19,23H,2-8,15,20H2,1H3. The van der Waals surface area contributed by atoms with Gasteiger partial charge in [0.25, 0.3) is 0 Å². The van der Waals surface area contributed by atoms with Gasteiger partial charge in [-0.25, -0.2) is 0 Å². The first-order valence-corrected chi connectivity index (χ1v) is 10.7. The second-order valence-corrected chi connectivity index (χ2v) is 7.28. The molecule has 2 aromatic rings. The molecule has 0 aliphatic carbocycles. The van der Waals surface area contributed by atoms with Crippen molar-refractivity contribution in [3.05, 3.63) is 60.7 Å². The molecule has 0 spiro atoms. The second-order valence-electron chi connectivity index (χ2n) is 7.28. The predicted octanol–water partition coefficient (Wildman–Crippen LogP) is 6.34. The maximum Gasteiger partial charge on any atom is 0.325 e. The first-order chi connectivity index (χ1) is 14.2. The van der Waals surface area contributed by atoms with E-state index in [4.69, 9.17) is 9.47 Å². The van der Waals surface area contributed by atoms with Crippen molar-refractivity contribution in [3.8, 4) is 11.5 Å². The molecule has 0 aliphatic rings. The quantitative estimate of drug-likeness (QED) is 0.171. The van der Waals surface area contributed by atoms with Gasteiger partial charge in [-0.05, 0) is 30.7 Å². The summed E-state index contributed by atoms with van der Waals surface area (Å²) in [7, 11) is 0. The highest BCUT2D eigenvalue weighted by atomic mass is 16.6. The lowest BCUT2D eigenvalue weighted by Gasteiger charge is -2.15. The SMILES string of the molecule is CCCCCCCCCCC(C(=O)Oc1ccccc1)C(=O)Oc1ccccc1. The Kier molecular flexibility index (Phi) is 10.6. The molecule has 2 rings (SSSR count). The van der Waals surface area contributed by atoms with Crippen LogP contribution in [0.25, 0.3) is 0 Å². The summed E-state index contributed by atoms with van der Waals surface area (Å²) in [5, 5.41) is 0. The molecule has 0 radical (unpaired) electrons. The molecular weight excluding hydrogens is 364 g/mol. The van der Waals surface area contributed by atoms with Crippen LogP contribution < -0.4 is 9.47 Å².